The van der Waals surface area contributed by atoms with Crippen LogP contribution in [0.25, 0.3) is 10.8 Å². The summed E-state index contributed by atoms with van der Waals surface area (Å²) in [5.41, 5.74) is 0.287. The van der Waals surface area contributed by atoms with Gasteiger partial charge in [-0.15, -0.1) is 0 Å². The Balaban J connectivity index is 1.79. The Morgan fingerprint density at radius 1 is 1.12 bits per heavy atom. The molecule has 6 nitrogen and oxygen atoms in total. The number of hydrogen-bond acceptors (Lipinski definition) is 4. The first-order chi connectivity index (χ1) is 12.6. The van der Waals surface area contributed by atoms with Gasteiger partial charge in [-0.05, 0) is 23.9 Å². The molecular formula is C20H18N2O4. The molecule has 132 valence electrons. The molecule has 0 spiro atoms. The van der Waals surface area contributed by atoms with Gasteiger partial charge < -0.3 is 10.1 Å². The lowest BCUT2D eigenvalue weighted by Gasteiger charge is -2.18. The van der Waals surface area contributed by atoms with E-state index >= 15 is 0 Å². The number of carbonyl (C=O) groups is 1. The number of ether oxygens (including phenoxy) is 1. The summed E-state index contributed by atoms with van der Waals surface area (Å²) in [4.78, 5) is 22.9. The molecule has 0 aliphatic rings. The van der Waals surface area contributed by atoms with E-state index in [1.807, 2.05) is 49.4 Å². The molecule has 0 aliphatic carbocycles. The molecule has 0 fully saturated rings. The normalized spacial score (nSPS) is 11.7. The Kier molecular flexibility index (Phi) is 5.12. The van der Waals surface area contributed by atoms with Crippen LogP contribution in [0.4, 0.5) is 11.4 Å². The predicted octanol–water partition coefficient (Wildman–Crippen LogP) is 4.54. The molecule has 1 N–H and O–H groups in total. The van der Waals surface area contributed by atoms with Crippen molar-refractivity contribution in [2.24, 2.45) is 0 Å². The van der Waals surface area contributed by atoms with Crippen molar-refractivity contribution in [1.82, 2.24) is 0 Å². The molecule has 0 bridgehead atoms. The molecule has 0 radical (unpaired) electrons. The zero-order chi connectivity index (χ0) is 18.5. The van der Waals surface area contributed by atoms with Gasteiger partial charge in [0.25, 0.3) is 11.6 Å². The van der Waals surface area contributed by atoms with Crippen LogP contribution >= 0.6 is 0 Å². The van der Waals surface area contributed by atoms with Gasteiger partial charge in [0.05, 0.1) is 4.92 Å². The molecule has 0 unspecified atom stereocenters. The lowest BCUT2D eigenvalue weighted by atomic mass is 10.1. The van der Waals surface area contributed by atoms with E-state index in [-0.39, 0.29) is 11.6 Å². The van der Waals surface area contributed by atoms with Gasteiger partial charge in [-0.2, -0.15) is 0 Å². The van der Waals surface area contributed by atoms with E-state index in [4.69, 9.17) is 4.74 Å². The summed E-state index contributed by atoms with van der Waals surface area (Å²) in [6.07, 6.45) is -0.246. The fourth-order valence-corrected chi connectivity index (χ4v) is 2.69. The van der Waals surface area contributed by atoms with Crippen molar-refractivity contribution in [1.29, 1.82) is 0 Å². The molecule has 1 amide bonds. The third-order valence-electron chi connectivity index (χ3n) is 4.01. The third-order valence-corrected chi connectivity index (χ3v) is 4.01. The second-order valence-corrected chi connectivity index (χ2v) is 5.79. The van der Waals surface area contributed by atoms with E-state index in [2.05, 4.69) is 5.32 Å². The highest BCUT2D eigenvalue weighted by molar-refractivity contribution is 5.95. The highest BCUT2D eigenvalue weighted by Gasteiger charge is 2.20. The van der Waals surface area contributed by atoms with Crippen molar-refractivity contribution in [3.05, 3.63) is 76.8 Å². The van der Waals surface area contributed by atoms with Crippen LogP contribution in [0.1, 0.15) is 13.3 Å². The number of hydrogen-bond donors (Lipinski definition) is 1. The lowest BCUT2D eigenvalue weighted by Crippen LogP contribution is -2.32. The van der Waals surface area contributed by atoms with Gasteiger partial charge in [0, 0.05) is 23.2 Å². The van der Waals surface area contributed by atoms with Crippen molar-refractivity contribution in [3.63, 3.8) is 0 Å². The van der Waals surface area contributed by atoms with E-state index in [1.165, 1.54) is 18.2 Å². The summed E-state index contributed by atoms with van der Waals surface area (Å²) in [7, 11) is 0. The number of amides is 1. The van der Waals surface area contributed by atoms with E-state index in [0.29, 0.717) is 17.9 Å². The highest BCUT2D eigenvalue weighted by Crippen LogP contribution is 2.27. The van der Waals surface area contributed by atoms with Crippen molar-refractivity contribution in [3.8, 4) is 5.75 Å². The fourth-order valence-electron chi connectivity index (χ4n) is 2.69. The minimum atomic E-state index is -0.708. The number of nitro groups is 1. The predicted molar refractivity (Wildman–Crippen MR) is 100 cm³/mol. The summed E-state index contributed by atoms with van der Waals surface area (Å²) in [6, 6.07) is 19.3. The number of carbonyl (C=O) groups excluding carboxylic acids is 1. The summed E-state index contributed by atoms with van der Waals surface area (Å²) in [5.74, 6) is 0.282. The van der Waals surface area contributed by atoms with Crippen LogP contribution in [-0.4, -0.2) is 16.9 Å². The second kappa shape index (κ2) is 7.65. The Labute approximate surface area is 150 Å². The number of nitro benzene ring substituents is 1. The van der Waals surface area contributed by atoms with Gasteiger partial charge in [0.15, 0.2) is 6.10 Å². The summed E-state index contributed by atoms with van der Waals surface area (Å²) >= 11 is 0. The number of nitrogens with zero attached hydrogens (tertiary/aromatic N) is 1. The first-order valence-electron chi connectivity index (χ1n) is 8.28. The Morgan fingerprint density at radius 2 is 1.85 bits per heavy atom. The van der Waals surface area contributed by atoms with E-state index in [1.54, 1.807) is 6.07 Å². The summed E-state index contributed by atoms with van der Waals surface area (Å²) in [6.45, 7) is 1.85. The zero-order valence-corrected chi connectivity index (χ0v) is 14.2. The standard InChI is InChI=1S/C20H18N2O4/c1-2-18(20(23)21-15-9-6-10-16(13-15)22(24)25)26-19-12-5-8-14-7-3-4-11-17(14)19/h3-13,18H,2H2,1H3,(H,21,23)/t18-/m0/s1. The molecule has 0 saturated heterocycles. The van der Waals surface area contributed by atoms with Gasteiger partial charge in [-0.25, -0.2) is 0 Å². The Hall–Kier alpha value is -3.41. The Bertz CT molecular complexity index is 950. The molecule has 0 saturated carbocycles. The number of non-ortho nitro benzene ring substituents is 1. The molecule has 26 heavy (non-hydrogen) atoms. The minimum absolute atomic E-state index is 0.0779. The van der Waals surface area contributed by atoms with Crippen LogP contribution in [0.5, 0.6) is 5.75 Å². The number of fused-ring (bicyclic) bond motifs is 1. The smallest absolute Gasteiger partial charge is 0.271 e. The van der Waals surface area contributed by atoms with E-state index < -0.39 is 11.0 Å². The largest absolute Gasteiger partial charge is 0.480 e. The van der Waals surface area contributed by atoms with E-state index in [9.17, 15) is 14.9 Å². The molecule has 0 heterocycles. The average molecular weight is 350 g/mol. The van der Waals surface area contributed by atoms with Crippen LogP contribution in [0.15, 0.2) is 66.7 Å². The topological polar surface area (TPSA) is 81.5 Å². The second-order valence-electron chi connectivity index (χ2n) is 5.79. The van der Waals surface area contributed by atoms with Crippen molar-refractivity contribution >= 4 is 28.1 Å². The average Bonchev–Trinajstić information content (AvgIpc) is 2.66. The Morgan fingerprint density at radius 3 is 2.62 bits per heavy atom. The van der Waals surface area contributed by atoms with Gasteiger partial charge in [0.1, 0.15) is 5.75 Å². The van der Waals surface area contributed by atoms with Crippen LogP contribution in [0, 0.1) is 10.1 Å². The molecular weight excluding hydrogens is 332 g/mol. The number of benzene rings is 3. The summed E-state index contributed by atoms with van der Waals surface area (Å²) < 4.78 is 5.94. The van der Waals surface area contributed by atoms with Crippen LogP contribution < -0.4 is 10.1 Å². The number of rotatable bonds is 6. The van der Waals surface area contributed by atoms with Crippen molar-refractivity contribution < 1.29 is 14.5 Å². The molecule has 3 aromatic rings. The maximum absolute atomic E-state index is 12.6. The van der Waals surface area contributed by atoms with Gasteiger partial charge in [-0.3, -0.25) is 14.9 Å². The van der Waals surface area contributed by atoms with Crippen molar-refractivity contribution in [2.75, 3.05) is 5.32 Å². The van der Waals surface area contributed by atoms with E-state index in [0.717, 1.165) is 10.8 Å². The fraction of sp³-hybridized carbons (Fsp3) is 0.150. The molecule has 0 aliphatic heterocycles. The molecule has 6 heteroatoms. The zero-order valence-electron chi connectivity index (χ0n) is 14.2. The summed E-state index contributed by atoms with van der Waals surface area (Å²) in [5, 5.41) is 15.5. The maximum Gasteiger partial charge on any atom is 0.271 e. The van der Waals surface area contributed by atoms with Gasteiger partial charge in [0.2, 0.25) is 0 Å². The third kappa shape index (κ3) is 3.80. The van der Waals surface area contributed by atoms with Crippen LogP contribution in [0.2, 0.25) is 0 Å². The molecule has 0 aromatic heterocycles. The maximum atomic E-state index is 12.6. The lowest BCUT2D eigenvalue weighted by molar-refractivity contribution is -0.384. The quantitative estimate of drug-likeness (QED) is 0.522. The molecule has 3 aromatic carbocycles. The van der Waals surface area contributed by atoms with Crippen LogP contribution in [0.3, 0.4) is 0 Å². The van der Waals surface area contributed by atoms with Gasteiger partial charge >= 0.3 is 0 Å². The first-order valence-corrected chi connectivity index (χ1v) is 8.28. The monoisotopic (exact) mass is 350 g/mol. The van der Waals surface area contributed by atoms with Crippen LogP contribution in [-0.2, 0) is 4.79 Å². The minimum Gasteiger partial charge on any atom is -0.480 e. The number of anilines is 1. The molecule has 3 rings (SSSR count). The number of nitrogens with one attached hydrogen (secondary N) is 1. The first kappa shape index (κ1) is 17.4. The van der Waals surface area contributed by atoms with Gasteiger partial charge in [-0.1, -0.05) is 49.4 Å². The molecule has 1 atom stereocenters. The SMILES string of the molecule is CC[C@H](Oc1cccc2ccccc12)C(=O)Nc1cccc([N+](=O)[O-])c1. The highest BCUT2D eigenvalue weighted by atomic mass is 16.6. The van der Waals surface area contributed by atoms with Crippen molar-refractivity contribution in [2.45, 2.75) is 19.4 Å².